The van der Waals surface area contributed by atoms with Crippen LogP contribution in [0.2, 0.25) is 0 Å². The molecule has 0 bridgehead atoms. The van der Waals surface area contributed by atoms with Crippen LogP contribution in [0.3, 0.4) is 0 Å². The van der Waals surface area contributed by atoms with E-state index in [1.165, 1.54) is 12.0 Å². The van der Waals surface area contributed by atoms with E-state index < -0.39 is 0 Å². The lowest BCUT2D eigenvalue weighted by Gasteiger charge is -2.35. The zero-order chi connectivity index (χ0) is 17.8. The van der Waals surface area contributed by atoms with Gasteiger partial charge in [0.25, 0.3) is 5.56 Å². The Morgan fingerprint density at radius 3 is 2.81 bits per heavy atom. The third kappa shape index (κ3) is 3.73. The molecule has 0 aliphatic carbocycles. The molecule has 5 nitrogen and oxygen atoms in total. The lowest BCUT2D eigenvalue weighted by molar-refractivity contribution is 0.137. The average molecular weight is 346 g/mol. The minimum atomic E-state index is -0.112. The zero-order valence-electron chi connectivity index (χ0n) is 14.6. The van der Waals surface area contributed by atoms with Gasteiger partial charge in [-0.15, -0.1) is 0 Å². The van der Waals surface area contributed by atoms with Gasteiger partial charge in [-0.2, -0.15) is 0 Å². The van der Waals surface area contributed by atoms with Crippen molar-refractivity contribution in [3.05, 3.63) is 82.5 Å². The smallest absolute Gasteiger partial charge is 0.251 e. The summed E-state index contributed by atoms with van der Waals surface area (Å²) in [4.78, 5) is 26.5. The van der Waals surface area contributed by atoms with E-state index in [0.29, 0.717) is 5.82 Å². The summed E-state index contributed by atoms with van der Waals surface area (Å²) < 4.78 is 0. The number of piperidine rings is 1. The predicted octanol–water partition coefficient (Wildman–Crippen LogP) is 3.56. The van der Waals surface area contributed by atoms with E-state index in [9.17, 15) is 4.79 Å². The highest BCUT2D eigenvalue weighted by Gasteiger charge is 2.26. The van der Waals surface area contributed by atoms with Gasteiger partial charge in [0, 0.05) is 30.6 Å². The fourth-order valence-electron chi connectivity index (χ4n) is 3.62. The number of hydrogen-bond acceptors (Lipinski definition) is 4. The maximum atomic E-state index is 12.3. The minimum absolute atomic E-state index is 0.112. The summed E-state index contributed by atoms with van der Waals surface area (Å²) in [5.74, 6) is 0.589. The van der Waals surface area contributed by atoms with E-state index >= 15 is 0 Å². The number of benzene rings is 1. The third-order valence-electron chi connectivity index (χ3n) is 4.88. The molecule has 1 atom stereocenters. The number of aromatic nitrogens is 3. The number of nitrogens with zero attached hydrogens (tertiary/aromatic N) is 3. The fourth-order valence-corrected chi connectivity index (χ4v) is 3.62. The number of nitrogens with one attached hydrogen (secondary N) is 1. The molecule has 1 aliphatic rings. The zero-order valence-corrected chi connectivity index (χ0v) is 14.6. The first kappa shape index (κ1) is 16.7. The summed E-state index contributed by atoms with van der Waals surface area (Å²) in [6, 6.07) is 16.1. The summed E-state index contributed by atoms with van der Waals surface area (Å²) in [5, 5.41) is 0. The Kier molecular flexibility index (Phi) is 4.88. The van der Waals surface area contributed by atoms with Crippen molar-refractivity contribution in [1.82, 2.24) is 19.9 Å². The van der Waals surface area contributed by atoms with Gasteiger partial charge in [-0.05, 0) is 37.1 Å². The van der Waals surface area contributed by atoms with E-state index in [-0.39, 0.29) is 11.6 Å². The first-order chi connectivity index (χ1) is 12.8. The molecule has 3 aromatic rings. The van der Waals surface area contributed by atoms with E-state index in [1.54, 1.807) is 18.5 Å². The average Bonchev–Trinajstić information content (AvgIpc) is 2.69. The van der Waals surface area contributed by atoms with E-state index in [4.69, 9.17) is 4.98 Å². The van der Waals surface area contributed by atoms with Crippen molar-refractivity contribution in [2.75, 3.05) is 6.54 Å². The van der Waals surface area contributed by atoms with Crippen LogP contribution in [0, 0.1) is 0 Å². The quantitative estimate of drug-likeness (QED) is 0.785. The highest BCUT2D eigenvalue weighted by atomic mass is 16.1. The van der Waals surface area contributed by atoms with Gasteiger partial charge in [0.1, 0.15) is 5.82 Å². The van der Waals surface area contributed by atoms with Crippen LogP contribution in [0.1, 0.15) is 36.6 Å². The molecule has 0 radical (unpaired) electrons. The lowest BCUT2D eigenvalue weighted by Crippen LogP contribution is -2.34. The summed E-state index contributed by atoms with van der Waals surface area (Å²) in [6.07, 6.45) is 6.81. The molecule has 26 heavy (non-hydrogen) atoms. The maximum absolute atomic E-state index is 12.3. The molecule has 0 saturated carbocycles. The molecule has 2 aromatic heterocycles. The summed E-state index contributed by atoms with van der Waals surface area (Å²) in [5.41, 5.74) is 2.86. The molecule has 4 rings (SSSR count). The van der Waals surface area contributed by atoms with Gasteiger partial charge in [0.2, 0.25) is 0 Å². The van der Waals surface area contributed by atoms with Crippen LogP contribution >= 0.6 is 0 Å². The van der Waals surface area contributed by atoms with Crippen molar-refractivity contribution in [3.63, 3.8) is 0 Å². The molecule has 0 spiro atoms. The van der Waals surface area contributed by atoms with Crippen LogP contribution < -0.4 is 5.56 Å². The molecule has 132 valence electrons. The molecule has 1 fully saturated rings. The van der Waals surface area contributed by atoms with Crippen molar-refractivity contribution < 1.29 is 0 Å². The highest BCUT2D eigenvalue weighted by molar-refractivity contribution is 5.52. The minimum Gasteiger partial charge on any atom is -0.306 e. The largest absolute Gasteiger partial charge is 0.306 e. The maximum Gasteiger partial charge on any atom is 0.251 e. The van der Waals surface area contributed by atoms with Crippen LogP contribution in [-0.4, -0.2) is 26.4 Å². The monoisotopic (exact) mass is 346 g/mol. The number of likely N-dealkylation sites (tertiary alicyclic amines) is 1. The second-order valence-corrected chi connectivity index (χ2v) is 6.73. The second-order valence-electron chi connectivity index (χ2n) is 6.73. The molecular formula is C21H22N4O. The number of pyridine rings is 1. The van der Waals surface area contributed by atoms with E-state index in [1.807, 2.05) is 18.2 Å². The van der Waals surface area contributed by atoms with Gasteiger partial charge in [0.05, 0.1) is 11.7 Å². The van der Waals surface area contributed by atoms with Crippen molar-refractivity contribution >= 4 is 0 Å². The number of H-pyrrole nitrogens is 1. The first-order valence-corrected chi connectivity index (χ1v) is 9.09. The van der Waals surface area contributed by atoms with Gasteiger partial charge < -0.3 is 4.98 Å². The Hall–Kier alpha value is -2.79. The second kappa shape index (κ2) is 7.62. The van der Waals surface area contributed by atoms with E-state index in [2.05, 4.69) is 39.1 Å². The van der Waals surface area contributed by atoms with Crippen LogP contribution in [-0.2, 0) is 6.54 Å². The molecule has 1 N–H and O–H groups in total. The van der Waals surface area contributed by atoms with Gasteiger partial charge in [-0.3, -0.25) is 14.7 Å². The molecule has 1 aliphatic heterocycles. The Morgan fingerprint density at radius 1 is 1.12 bits per heavy atom. The van der Waals surface area contributed by atoms with Gasteiger partial charge in [0.15, 0.2) is 0 Å². The van der Waals surface area contributed by atoms with Crippen LogP contribution in [0.5, 0.6) is 0 Å². The van der Waals surface area contributed by atoms with Crippen molar-refractivity contribution in [2.45, 2.75) is 31.8 Å². The first-order valence-electron chi connectivity index (χ1n) is 9.09. The summed E-state index contributed by atoms with van der Waals surface area (Å²) >= 11 is 0. The van der Waals surface area contributed by atoms with E-state index in [0.717, 1.165) is 37.2 Å². The molecule has 1 aromatic carbocycles. The fraction of sp³-hybridized carbons (Fsp3) is 0.286. The van der Waals surface area contributed by atoms with Crippen molar-refractivity contribution in [1.29, 1.82) is 0 Å². The lowest BCUT2D eigenvalue weighted by atomic mass is 9.98. The van der Waals surface area contributed by atoms with Crippen LogP contribution in [0.25, 0.3) is 11.4 Å². The molecule has 0 unspecified atom stereocenters. The van der Waals surface area contributed by atoms with Crippen molar-refractivity contribution in [3.8, 4) is 11.4 Å². The number of aromatic amines is 1. The number of rotatable bonds is 4. The molecule has 1 saturated heterocycles. The third-order valence-corrected chi connectivity index (χ3v) is 4.88. The topological polar surface area (TPSA) is 61.9 Å². The predicted molar refractivity (Wildman–Crippen MR) is 102 cm³/mol. The van der Waals surface area contributed by atoms with Crippen LogP contribution in [0.15, 0.2) is 65.7 Å². The Bertz CT molecular complexity index is 908. The Morgan fingerprint density at radius 2 is 2.00 bits per heavy atom. The van der Waals surface area contributed by atoms with Crippen molar-refractivity contribution in [2.24, 2.45) is 0 Å². The Labute approximate surface area is 152 Å². The van der Waals surface area contributed by atoms with Gasteiger partial charge >= 0.3 is 0 Å². The molecule has 3 heterocycles. The molecular weight excluding hydrogens is 324 g/mol. The normalized spacial score (nSPS) is 17.9. The van der Waals surface area contributed by atoms with Crippen LogP contribution in [0.4, 0.5) is 0 Å². The molecule has 0 amide bonds. The SMILES string of the molecule is O=c1cc([C@H]2CCCCN2Cc2ccccc2)nc(-c2cccnc2)[nH]1. The Balaban J connectivity index is 1.66. The van der Waals surface area contributed by atoms with Gasteiger partial charge in [-0.25, -0.2) is 4.98 Å². The number of hydrogen-bond donors (Lipinski definition) is 1. The standard InChI is InChI=1S/C21H22N4O/c26-20-13-18(23-21(24-20)17-9-6-11-22-14-17)19-10-4-5-12-25(19)15-16-7-2-1-3-8-16/h1-3,6-9,11,13-14,19H,4-5,10,12,15H2,(H,23,24,26)/t19-/m1/s1. The summed E-state index contributed by atoms with van der Waals surface area (Å²) in [7, 11) is 0. The van der Waals surface area contributed by atoms with Gasteiger partial charge in [-0.1, -0.05) is 36.8 Å². The summed E-state index contributed by atoms with van der Waals surface area (Å²) in [6.45, 7) is 1.90. The molecule has 5 heteroatoms. The highest BCUT2D eigenvalue weighted by Crippen LogP contribution is 2.31.